The molecule has 3 nitrogen and oxygen atoms in total. The molecule has 0 aliphatic heterocycles. The average molecular weight is 197 g/mol. The first kappa shape index (κ1) is 11.3. The van der Waals surface area contributed by atoms with Crippen LogP contribution in [0.4, 0.5) is 0 Å². The Morgan fingerprint density at radius 2 is 2.09 bits per heavy atom. The summed E-state index contributed by atoms with van der Waals surface area (Å²) in [7, 11) is -2.99. The predicted molar refractivity (Wildman–Crippen MR) is 50.4 cm³/mol. The van der Waals surface area contributed by atoms with Gasteiger partial charge in [-0.3, -0.25) is 0 Å². The van der Waals surface area contributed by atoms with Gasteiger partial charge in [0.2, 0.25) is 10.0 Å². The molecule has 0 radical (unpaired) electrons. The lowest BCUT2D eigenvalue weighted by Gasteiger charge is -2.08. The summed E-state index contributed by atoms with van der Waals surface area (Å²) in [5, 5.41) is 0.344. The van der Waals surface area contributed by atoms with Crippen molar-refractivity contribution in [3.63, 3.8) is 0 Å². The lowest BCUT2D eigenvalue weighted by molar-refractivity contribution is 0.583. The van der Waals surface area contributed by atoms with Crippen LogP contribution in [-0.2, 0) is 10.0 Å². The monoisotopic (exact) mass is 197 g/mol. The summed E-state index contributed by atoms with van der Waals surface area (Å²) in [6.07, 6.45) is 1.96. The summed E-state index contributed by atoms with van der Waals surface area (Å²) in [5.41, 5.74) is 0. The molecule has 0 aliphatic carbocycles. The van der Waals surface area contributed by atoms with Crippen molar-refractivity contribution in [3.05, 3.63) is 0 Å². The van der Waals surface area contributed by atoms with Crippen molar-refractivity contribution in [1.29, 1.82) is 0 Å². The van der Waals surface area contributed by atoms with Gasteiger partial charge in [-0.2, -0.15) is 11.8 Å². The van der Waals surface area contributed by atoms with Gasteiger partial charge in [-0.25, -0.2) is 13.1 Å². The molecule has 0 bridgehead atoms. The Labute approximate surface area is 73.0 Å². The first-order valence-corrected chi connectivity index (χ1v) is 6.46. The number of hydrogen-bond donors (Lipinski definition) is 1. The zero-order valence-corrected chi connectivity index (χ0v) is 8.76. The third kappa shape index (κ3) is 5.52. The van der Waals surface area contributed by atoms with Gasteiger partial charge in [0.25, 0.3) is 0 Å². The van der Waals surface area contributed by atoms with E-state index in [0.717, 1.165) is 0 Å². The number of hydrogen-bond acceptors (Lipinski definition) is 3. The number of sulfonamides is 1. The van der Waals surface area contributed by atoms with E-state index in [2.05, 4.69) is 4.72 Å². The molecule has 0 aliphatic rings. The summed E-state index contributed by atoms with van der Waals surface area (Å²) < 4.78 is 24.3. The van der Waals surface area contributed by atoms with E-state index in [1.165, 1.54) is 0 Å². The molecule has 5 heteroatoms. The van der Waals surface area contributed by atoms with Gasteiger partial charge in [0.05, 0.1) is 5.75 Å². The Balaban J connectivity index is 3.71. The van der Waals surface area contributed by atoms with E-state index in [9.17, 15) is 8.42 Å². The number of thioether (sulfide) groups is 1. The van der Waals surface area contributed by atoms with Crippen LogP contribution in [0.3, 0.4) is 0 Å². The van der Waals surface area contributed by atoms with Crippen LogP contribution >= 0.6 is 11.8 Å². The highest BCUT2D eigenvalue weighted by Crippen LogP contribution is 2.02. The smallest absolute Gasteiger partial charge is 0.211 e. The summed E-state index contributed by atoms with van der Waals surface area (Å²) in [6.45, 7) is 4.15. The summed E-state index contributed by atoms with van der Waals surface area (Å²) >= 11 is 1.65. The molecule has 0 saturated carbocycles. The van der Waals surface area contributed by atoms with Gasteiger partial charge in [0.15, 0.2) is 0 Å². The molecule has 0 rings (SSSR count). The Morgan fingerprint density at radius 3 is 2.45 bits per heavy atom. The van der Waals surface area contributed by atoms with Crippen molar-refractivity contribution in [1.82, 2.24) is 4.72 Å². The molecule has 0 spiro atoms. The molecule has 0 amide bonds. The van der Waals surface area contributed by atoms with Crippen molar-refractivity contribution < 1.29 is 8.42 Å². The molecule has 1 N–H and O–H groups in total. The summed E-state index contributed by atoms with van der Waals surface area (Å²) in [6, 6.07) is 0. The molecule has 68 valence electrons. The SMILES string of the molecule is CCS(=O)(=O)NCC(C)SC. The lowest BCUT2D eigenvalue weighted by atomic mass is 10.5. The van der Waals surface area contributed by atoms with Gasteiger partial charge in [0.1, 0.15) is 0 Å². The summed E-state index contributed by atoms with van der Waals surface area (Å²) in [5.74, 6) is 0.161. The highest BCUT2D eigenvalue weighted by atomic mass is 32.2. The van der Waals surface area contributed by atoms with E-state index in [4.69, 9.17) is 0 Å². The fourth-order valence-electron chi connectivity index (χ4n) is 0.430. The Morgan fingerprint density at radius 1 is 1.55 bits per heavy atom. The predicted octanol–water partition coefficient (Wildman–Crippen LogP) is 0.677. The van der Waals surface area contributed by atoms with Gasteiger partial charge in [-0.05, 0) is 13.2 Å². The van der Waals surface area contributed by atoms with Crippen molar-refractivity contribution >= 4 is 21.8 Å². The minimum Gasteiger partial charge on any atom is -0.214 e. The second kappa shape index (κ2) is 5.00. The molecule has 0 aromatic heterocycles. The normalized spacial score (nSPS) is 14.8. The standard InChI is InChI=1S/C6H15NO2S2/c1-4-11(8,9)7-5-6(2)10-3/h6-7H,4-5H2,1-3H3. The van der Waals surface area contributed by atoms with Gasteiger partial charge in [-0.15, -0.1) is 0 Å². The fraction of sp³-hybridized carbons (Fsp3) is 1.00. The molecule has 0 aromatic carbocycles. The largest absolute Gasteiger partial charge is 0.214 e. The lowest BCUT2D eigenvalue weighted by Crippen LogP contribution is -2.30. The van der Waals surface area contributed by atoms with Crippen LogP contribution in [0.5, 0.6) is 0 Å². The van der Waals surface area contributed by atoms with E-state index in [1.54, 1.807) is 18.7 Å². The first-order valence-electron chi connectivity index (χ1n) is 3.52. The van der Waals surface area contributed by atoms with E-state index in [0.29, 0.717) is 11.8 Å². The van der Waals surface area contributed by atoms with Crippen LogP contribution in [0.1, 0.15) is 13.8 Å². The molecule has 0 saturated heterocycles. The average Bonchev–Trinajstić information content (AvgIpc) is 2.00. The quantitative estimate of drug-likeness (QED) is 0.705. The molecule has 11 heavy (non-hydrogen) atoms. The zero-order chi connectivity index (χ0) is 8.91. The molecule has 1 atom stereocenters. The van der Waals surface area contributed by atoms with Crippen LogP contribution in [0, 0.1) is 0 Å². The first-order chi connectivity index (χ1) is 5.02. The number of rotatable bonds is 5. The van der Waals surface area contributed by atoms with Crippen molar-refractivity contribution in [2.24, 2.45) is 0 Å². The van der Waals surface area contributed by atoms with Gasteiger partial charge >= 0.3 is 0 Å². The Hall–Kier alpha value is 0.260. The highest BCUT2D eigenvalue weighted by molar-refractivity contribution is 7.99. The van der Waals surface area contributed by atoms with Crippen molar-refractivity contribution in [2.75, 3.05) is 18.6 Å². The van der Waals surface area contributed by atoms with Crippen LogP contribution in [0.25, 0.3) is 0 Å². The second-order valence-corrected chi connectivity index (χ2v) is 5.67. The van der Waals surface area contributed by atoms with Crippen LogP contribution in [0.15, 0.2) is 0 Å². The molecule has 0 aromatic rings. The van der Waals surface area contributed by atoms with Crippen LogP contribution in [-0.4, -0.2) is 32.2 Å². The third-order valence-electron chi connectivity index (χ3n) is 1.37. The maximum absolute atomic E-state index is 10.9. The van der Waals surface area contributed by atoms with Gasteiger partial charge < -0.3 is 0 Å². The molecular weight excluding hydrogens is 182 g/mol. The van der Waals surface area contributed by atoms with E-state index < -0.39 is 10.0 Å². The molecule has 1 unspecified atom stereocenters. The van der Waals surface area contributed by atoms with Crippen molar-refractivity contribution in [2.45, 2.75) is 19.1 Å². The zero-order valence-electron chi connectivity index (χ0n) is 7.12. The van der Waals surface area contributed by atoms with E-state index in [-0.39, 0.29) is 5.75 Å². The Kier molecular flexibility index (Phi) is 5.12. The minimum atomic E-state index is -2.99. The van der Waals surface area contributed by atoms with Gasteiger partial charge in [-0.1, -0.05) is 6.92 Å². The fourth-order valence-corrected chi connectivity index (χ4v) is 1.49. The summed E-state index contributed by atoms with van der Waals surface area (Å²) in [4.78, 5) is 0. The van der Waals surface area contributed by atoms with E-state index in [1.807, 2.05) is 13.2 Å². The van der Waals surface area contributed by atoms with Gasteiger partial charge in [0, 0.05) is 11.8 Å². The minimum absolute atomic E-state index is 0.161. The third-order valence-corrected chi connectivity index (χ3v) is 3.71. The maximum Gasteiger partial charge on any atom is 0.211 e. The highest BCUT2D eigenvalue weighted by Gasteiger charge is 2.07. The van der Waals surface area contributed by atoms with E-state index >= 15 is 0 Å². The molecule has 0 fully saturated rings. The van der Waals surface area contributed by atoms with Crippen molar-refractivity contribution in [3.8, 4) is 0 Å². The molecular formula is C6H15NO2S2. The topological polar surface area (TPSA) is 46.2 Å². The second-order valence-electron chi connectivity index (χ2n) is 2.30. The van der Waals surface area contributed by atoms with Crippen LogP contribution < -0.4 is 4.72 Å². The Bertz CT molecular complexity index is 189. The number of nitrogens with one attached hydrogen (secondary N) is 1. The maximum atomic E-state index is 10.9. The van der Waals surface area contributed by atoms with Crippen LogP contribution in [0.2, 0.25) is 0 Å². The molecule has 0 heterocycles.